The number of rotatable bonds is 3. The maximum absolute atomic E-state index is 2.32. The van der Waals surface area contributed by atoms with Gasteiger partial charge in [0.25, 0.3) is 0 Å². The molecule has 0 aliphatic rings. The monoisotopic (exact) mass is 204 g/mol. The highest BCUT2D eigenvalue weighted by atomic mass is 14.2. The number of aryl methyl sites for hydroxylation is 2. The maximum Gasteiger partial charge on any atom is -0.0273 e. The van der Waals surface area contributed by atoms with Crippen molar-refractivity contribution in [1.29, 1.82) is 0 Å². The molecule has 0 unspecified atom stereocenters. The van der Waals surface area contributed by atoms with E-state index in [2.05, 4.69) is 52.8 Å². The van der Waals surface area contributed by atoms with Crippen LogP contribution in [0, 0.1) is 19.3 Å². The van der Waals surface area contributed by atoms with Crippen molar-refractivity contribution < 1.29 is 0 Å². The Labute approximate surface area is 94.7 Å². The molecule has 0 heteroatoms. The van der Waals surface area contributed by atoms with E-state index in [1.807, 2.05) is 0 Å². The van der Waals surface area contributed by atoms with Gasteiger partial charge in [0.2, 0.25) is 0 Å². The van der Waals surface area contributed by atoms with E-state index in [9.17, 15) is 0 Å². The van der Waals surface area contributed by atoms with Gasteiger partial charge in [0, 0.05) is 0 Å². The first-order valence-electron chi connectivity index (χ1n) is 5.95. The minimum Gasteiger partial charge on any atom is -0.0617 e. The van der Waals surface area contributed by atoms with Crippen molar-refractivity contribution in [1.82, 2.24) is 0 Å². The van der Waals surface area contributed by atoms with Crippen molar-refractivity contribution in [2.75, 3.05) is 0 Å². The van der Waals surface area contributed by atoms with Gasteiger partial charge in [0.1, 0.15) is 0 Å². The lowest BCUT2D eigenvalue weighted by Crippen LogP contribution is -2.05. The van der Waals surface area contributed by atoms with Gasteiger partial charge < -0.3 is 0 Å². The van der Waals surface area contributed by atoms with Gasteiger partial charge in [-0.15, -0.1) is 0 Å². The Morgan fingerprint density at radius 2 is 1.53 bits per heavy atom. The first-order valence-corrected chi connectivity index (χ1v) is 5.95. The Bertz CT molecular complexity index is 295. The van der Waals surface area contributed by atoms with Gasteiger partial charge in [0.05, 0.1) is 0 Å². The summed E-state index contributed by atoms with van der Waals surface area (Å²) < 4.78 is 0. The second-order valence-electron chi connectivity index (χ2n) is 5.78. The van der Waals surface area contributed by atoms with E-state index < -0.39 is 0 Å². The second kappa shape index (κ2) is 4.83. The molecule has 0 fully saturated rings. The summed E-state index contributed by atoms with van der Waals surface area (Å²) in [5.41, 5.74) is 4.92. The molecule has 0 nitrogen and oxygen atoms in total. The average molecular weight is 204 g/mol. The van der Waals surface area contributed by atoms with Crippen molar-refractivity contribution in [3.63, 3.8) is 0 Å². The predicted octanol–water partition coefficient (Wildman–Crippen LogP) is 4.67. The zero-order valence-electron chi connectivity index (χ0n) is 10.9. The van der Waals surface area contributed by atoms with Gasteiger partial charge in [-0.3, -0.25) is 0 Å². The molecule has 0 aliphatic heterocycles. The molecule has 0 saturated heterocycles. The van der Waals surface area contributed by atoms with Crippen molar-refractivity contribution in [3.8, 4) is 0 Å². The number of hydrogen-bond donors (Lipinski definition) is 0. The molecule has 84 valence electrons. The molecular formula is C15H24. The normalized spacial score (nSPS) is 11.8. The Kier molecular flexibility index (Phi) is 3.96. The van der Waals surface area contributed by atoms with Crippen LogP contribution in [0.1, 0.15) is 50.3 Å². The van der Waals surface area contributed by atoms with E-state index in [4.69, 9.17) is 0 Å². The minimum atomic E-state index is 0.469. The van der Waals surface area contributed by atoms with Crippen LogP contribution in [0.3, 0.4) is 0 Å². The number of benzene rings is 1. The van der Waals surface area contributed by atoms with E-state index in [-0.39, 0.29) is 0 Å². The Hall–Kier alpha value is -0.780. The maximum atomic E-state index is 2.32. The SMILES string of the molecule is Cc1cccc(C)c1CCCC(C)(C)C. The van der Waals surface area contributed by atoms with Crippen LogP contribution in [0.4, 0.5) is 0 Å². The van der Waals surface area contributed by atoms with Crippen molar-refractivity contribution in [2.45, 2.75) is 53.9 Å². The summed E-state index contributed by atoms with van der Waals surface area (Å²) in [5.74, 6) is 0. The first-order chi connectivity index (χ1) is 6.90. The average Bonchev–Trinajstić information content (AvgIpc) is 2.08. The van der Waals surface area contributed by atoms with E-state index in [1.165, 1.54) is 30.4 Å². The molecule has 1 rings (SSSR count). The summed E-state index contributed by atoms with van der Waals surface area (Å²) >= 11 is 0. The molecule has 1 aromatic rings. The van der Waals surface area contributed by atoms with E-state index in [1.54, 1.807) is 5.56 Å². The van der Waals surface area contributed by atoms with E-state index in [0.29, 0.717) is 5.41 Å². The zero-order chi connectivity index (χ0) is 11.5. The van der Waals surface area contributed by atoms with Gasteiger partial charge in [-0.25, -0.2) is 0 Å². The lowest BCUT2D eigenvalue weighted by molar-refractivity contribution is 0.365. The first kappa shape index (κ1) is 12.3. The predicted molar refractivity (Wildman–Crippen MR) is 68.3 cm³/mol. The quantitative estimate of drug-likeness (QED) is 0.671. The third-order valence-corrected chi connectivity index (χ3v) is 3.00. The van der Waals surface area contributed by atoms with Crippen LogP contribution in [0.15, 0.2) is 18.2 Å². The zero-order valence-corrected chi connectivity index (χ0v) is 10.9. The molecule has 0 heterocycles. The van der Waals surface area contributed by atoms with E-state index >= 15 is 0 Å². The third kappa shape index (κ3) is 4.07. The van der Waals surface area contributed by atoms with E-state index in [0.717, 1.165) is 0 Å². The molecule has 0 N–H and O–H groups in total. The van der Waals surface area contributed by atoms with Gasteiger partial charge in [-0.1, -0.05) is 39.0 Å². The molecule has 0 radical (unpaired) electrons. The van der Waals surface area contributed by atoms with Gasteiger partial charge in [-0.2, -0.15) is 0 Å². The molecule has 15 heavy (non-hydrogen) atoms. The highest BCUT2D eigenvalue weighted by Crippen LogP contribution is 2.23. The lowest BCUT2D eigenvalue weighted by Gasteiger charge is -2.18. The molecular weight excluding hydrogens is 180 g/mol. The van der Waals surface area contributed by atoms with Crippen LogP contribution in [0.25, 0.3) is 0 Å². The minimum absolute atomic E-state index is 0.469. The Morgan fingerprint density at radius 1 is 1.00 bits per heavy atom. The Morgan fingerprint density at radius 3 is 2.00 bits per heavy atom. The number of hydrogen-bond acceptors (Lipinski definition) is 0. The summed E-state index contributed by atoms with van der Waals surface area (Å²) in [4.78, 5) is 0. The highest BCUT2D eigenvalue weighted by Gasteiger charge is 2.10. The molecule has 0 aliphatic carbocycles. The van der Waals surface area contributed by atoms with Crippen molar-refractivity contribution >= 4 is 0 Å². The van der Waals surface area contributed by atoms with Crippen LogP contribution in [0.2, 0.25) is 0 Å². The van der Waals surface area contributed by atoms with Gasteiger partial charge in [0.15, 0.2) is 0 Å². The van der Waals surface area contributed by atoms with Crippen LogP contribution >= 0.6 is 0 Å². The van der Waals surface area contributed by atoms with Crippen LogP contribution in [-0.4, -0.2) is 0 Å². The summed E-state index contributed by atoms with van der Waals surface area (Å²) in [6.07, 6.45) is 3.84. The standard InChI is InChI=1S/C15H24/c1-12-8-6-9-13(2)14(12)10-7-11-15(3,4)5/h6,8-9H,7,10-11H2,1-5H3. The van der Waals surface area contributed by atoms with Crippen LogP contribution < -0.4 is 0 Å². The summed E-state index contributed by atoms with van der Waals surface area (Å²) in [7, 11) is 0. The second-order valence-corrected chi connectivity index (χ2v) is 5.78. The molecule has 0 saturated carbocycles. The van der Waals surface area contributed by atoms with Crippen molar-refractivity contribution in [2.24, 2.45) is 5.41 Å². The van der Waals surface area contributed by atoms with Crippen molar-refractivity contribution in [3.05, 3.63) is 34.9 Å². The molecule has 0 bridgehead atoms. The summed E-state index contributed by atoms with van der Waals surface area (Å²) in [5, 5.41) is 0. The largest absolute Gasteiger partial charge is 0.0617 e. The Balaban J connectivity index is 2.58. The summed E-state index contributed by atoms with van der Waals surface area (Å²) in [6.45, 7) is 11.4. The smallest absolute Gasteiger partial charge is 0.0273 e. The third-order valence-electron chi connectivity index (χ3n) is 3.00. The lowest BCUT2D eigenvalue weighted by atomic mass is 9.88. The van der Waals surface area contributed by atoms with Crippen LogP contribution in [0.5, 0.6) is 0 Å². The molecule has 0 aromatic heterocycles. The van der Waals surface area contributed by atoms with Crippen LogP contribution in [-0.2, 0) is 6.42 Å². The van der Waals surface area contributed by atoms with Gasteiger partial charge in [-0.05, 0) is 55.2 Å². The highest BCUT2D eigenvalue weighted by molar-refractivity contribution is 5.33. The summed E-state index contributed by atoms with van der Waals surface area (Å²) in [6, 6.07) is 6.59. The fourth-order valence-electron chi connectivity index (χ4n) is 2.04. The fraction of sp³-hybridized carbons (Fsp3) is 0.600. The van der Waals surface area contributed by atoms with Gasteiger partial charge >= 0.3 is 0 Å². The molecule has 1 aromatic carbocycles. The molecule has 0 spiro atoms. The molecule has 0 amide bonds. The topological polar surface area (TPSA) is 0 Å². The molecule has 0 atom stereocenters. The fourth-order valence-corrected chi connectivity index (χ4v) is 2.04.